The topological polar surface area (TPSA) is 82.1 Å². The molecule has 0 fully saturated rings. The van der Waals surface area contributed by atoms with Gasteiger partial charge in [0.2, 0.25) is 4.66 Å². The standard InChI is InChI=1S/C22H6N6S2/c1-25-20(26-2)22-28-17-6-12-4-13-7-18-16(27-21(29-18)15(9-23)10-24)5-11(13)3-14(12)8-19(17)30-22/h3-8H. The molecular weight excluding hydrogens is 412 g/mol. The third-order valence-corrected chi connectivity index (χ3v) is 6.70. The Morgan fingerprint density at radius 2 is 1.20 bits per heavy atom. The Labute approximate surface area is 177 Å². The quantitative estimate of drug-likeness (QED) is 0.277. The fourth-order valence-corrected chi connectivity index (χ4v) is 5.16. The summed E-state index contributed by atoms with van der Waals surface area (Å²) in [7, 11) is 0. The highest BCUT2D eigenvalue weighted by Gasteiger charge is 2.12. The van der Waals surface area contributed by atoms with Crippen LogP contribution in [-0.2, 0) is 0 Å². The molecule has 0 saturated heterocycles. The second kappa shape index (κ2) is 6.62. The van der Waals surface area contributed by atoms with Crippen molar-refractivity contribution in [1.82, 2.24) is 9.97 Å². The Hall–Kier alpha value is -4.34. The number of rotatable bonds is 0. The summed E-state index contributed by atoms with van der Waals surface area (Å²) in [6.07, 6.45) is 0. The van der Waals surface area contributed by atoms with E-state index in [1.807, 2.05) is 36.4 Å². The maximum absolute atomic E-state index is 9.10. The SMILES string of the molecule is [C-]#[N+]C([N+]#[C-])=c1nc2cc3cc4cc5sc(=C(C#N)C#N)nc5cc4cc3cc2s1. The van der Waals surface area contributed by atoms with Gasteiger partial charge in [-0.2, -0.15) is 20.2 Å². The van der Waals surface area contributed by atoms with Crippen molar-refractivity contribution < 1.29 is 0 Å². The van der Waals surface area contributed by atoms with Gasteiger partial charge >= 0.3 is 5.82 Å². The number of nitrogens with zero attached hydrogens (tertiary/aromatic N) is 6. The van der Waals surface area contributed by atoms with E-state index in [0.717, 1.165) is 42.0 Å². The maximum Gasteiger partial charge on any atom is 0.555 e. The fourth-order valence-electron chi connectivity index (χ4n) is 3.29. The van der Waals surface area contributed by atoms with E-state index in [1.54, 1.807) is 0 Å². The van der Waals surface area contributed by atoms with Crippen molar-refractivity contribution in [3.8, 4) is 12.1 Å². The third kappa shape index (κ3) is 2.65. The molecule has 0 spiro atoms. The van der Waals surface area contributed by atoms with Crippen LogP contribution in [0.4, 0.5) is 0 Å². The van der Waals surface area contributed by atoms with Gasteiger partial charge in [0, 0.05) is 0 Å². The van der Waals surface area contributed by atoms with E-state index in [0.29, 0.717) is 9.33 Å². The van der Waals surface area contributed by atoms with Gasteiger partial charge in [-0.3, -0.25) is 0 Å². The molecule has 0 aliphatic carbocycles. The molecule has 8 heteroatoms. The first-order chi connectivity index (χ1) is 14.6. The van der Waals surface area contributed by atoms with E-state index < -0.39 is 0 Å². The van der Waals surface area contributed by atoms with Crippen LogP contribution in [-0.4, -0.2) is 9.97 Å². The summed E-state index contributed by atoms with van der Waals surface area (Å²) in [6.45, 7) is 14.3. The molecule has 136 valence electrons. The van der Waals surface area contributed by atoms with Crippen molar-refractivity contribution in [2.24, 2.45) is 0 Å². The van der Waals surface area contributed by atoms with Crippen molar-refractivity contribution in [1.29, 1.82) is 10.5 Å². The normalized spacial score (nSPS) is 10.5. The minimum Gasteiger partial charge on any atom is -0.241 e. The Kier molecular flexibility index (Phi) is 3.91. The molecule has 0 radical (unpaired) electrons. The lowest BCUT2D eigenvalue weighted by atomic mass is 10.0. The Bertz CT molecular complexity index is 1580. The second-order valence-electron chi connectivity index (χ2n) is 6.37. The van der Waals surface area contributed by atoms with Crippen LogP contribution < -0.4 is 9.33 Å². The van der Waals surface area contributed by atoms with Crippen molar-refractivity contribution in [2.45, 2.75) is 0 Å². The molecule has 0 N–H and O–H groups in total. The van der Waals surface area contributed by atoms with Crippen LogP contribution in [0.15, 0.2) is 36.4 Å². The summed E-state index contributed by atoms with van der Waals surface area (Å²) >= 11 is 2.66. The van der Waals surface area contributed by atoms with Crippen LogP contribution in [0.1, 0.15) is 0 Å². The number of hydrogen-bond acceptors (Lipinski definition) is 6. The average Bonchev–Trinajstić information content (AvgIpc) is 3.33. The summed E-state index contributed by atoms with van der Waals surface area (Å²) in [5, 5.41) is 22.2. The van der Waals surface area contributed by atoms with Crippen LogP contribution >= 0.6 is 22.7 Å². The number of fused-ring (bicyclic) bond motifs is 4. The lowest BCUT2D eigenvalue weighted by Crippen LogP contribution is -2.00. The Balaban J connectivity index is 1.81. The van der Waals surface area contributed by atoms with E-state index in [2.05, 4.69) is 31.8 Å². The highest BCUT2D eigenvalue weighted by Crippen LogP contribution is 2.30. The highest BCUT2D eigenvalue weighted by atomic mass is 32.1. The summed E-state index contributed by atoms with van der Waals surface area (Å²) < 4.78 is 2.69. The van der Waals surface area contributed by atoms with E-state index >= 15 is 0 Å². The van der Waals surface area contributed by atoms with Gasteiger partial charge < -0.3 is 0 Å². The number of nitriles is 2. The number of benzene rings is 3. The monoisotopic (exact) mass is 418 g/mol. The van der Waals surface area contributed by atoms with Gasteiger partial charge in [-0.1, -0.05) is 0 Å². The van der Waals surface area contributed by atoms with Crippen LogP contribution in [0.5, 0.6) is 0 Å². The van der Waals surface area contributed by atoms with E-state index in [1.165, 1.54) is 22.7 Å². The van der Waals surface area contributed by atoms with Gasteiger partial charge in [0.25, 0.3) is 0 Å². The summed E-state index contributed by atoms with van der Waals surface area (Å²) in [5.41, 5.74) is 1.52. The number of hydrogen-bond donors (Lipinski definition) is 0. The zero-order valence-corrected chi connectivity index (χ0v) is 16.6. The first kappa shape index (κ1) is 17.7. The molecule has 0 amide bonds. The summed E-state index contributed by atoms with van der Waals surface area (Å²) in [6, 6.07) is 15.9. The molecule has 0 aliphatic rings. The molecule has 0 atom stereocenters. The fraction of sp³-hybridized carbons (Fsp3) is 0. The van der Waals surface area contributed by atoms with Gasteiger partial charge in [0.1, 0.15) is 29.9 Å². The molecule has 2 aromatic heterocycles. The Morgan fingerprint density at radius 1 is 0.733 bits per heavy atom. The molecule has 2 heterocycles. The van der Waals surface area contributed by atoms with Crippen LogP contribution in [0.2, 0.25) is 0 Å². The first-order valence-corrected chi connectivity index (χ1v) is 10.1. The van der Waals surface area contributed by atoms with Crippen molar-refractivity contribution >= 4 is 76.0 Å². The third-order valence-electron chi connectivity index (χ3n) is 4.65. The van der Waals surface area contributed by atoms with E-state index in [9.17, 15) is 0 Å². The van der Waals surface area contributed by atoms with Crippen molar-refractivity contribution in [3.05, 3.63) is 68.6 Å². The molecule has 3 aromatic carbocycles. The number of thiazole rings is 2. The van der Waals surface area contributed by atoms with Gasteiger partial charge in [-0.05, 0) is 57.9 Å². The molecule has 0 unspecified atom stereocenters. The van der Waals surface area contributed by atoms with Gasteiger partial charge in [0.15, 0.2) is 5.57 Å². The van der Waals surface area contributed by atoms with E-state index in [-0.39, 0.29) is 11.4 Å². The predicted octanol–water partition coefficient (Wildman–Crippen LogP) is 4.31. The lowest BCUT2D eigenvalue weighted by molar-refractivity contribution is 1.40. The van der Waals surface area contributed by atoms with Crippen LogP contribution in [0.3, 0.4) is 0 Å². The molecule has 5 rings (SSSR count). The molecule has 6 nitrogen and oxygen atoms in total. The lowest BCUT2D eigenvalue weighted by Gasteiger charge is -2.03. The maximum atomic E-state index is 9.10. The first-order valence-electron chi connectivity index (χ1n) is 8.52. The van der Waals surface area contributed by atoms with Crippen molar-refractivity contribution in [3.63, 3.8) is 0 Å². The summed E-state index contributed by atoms with van der Waals surface area (Å²) in [5.74, 6) is -0.0153. The zero-order valence-electron chi connectivity index (χ0n) is 15.0. The smallest absolute Gasteiger partial charge is 0.241 e. The zero-order chi connectivity index (χ0) is 20.8. The highest BCUT2D eigenvalue weighted by molar-refractivity contribution is 7.17. The minimum atomic E-state index is -0.0153. The van der Waals surface area contributed by atoms with E-state index in [4.69, 9.17) is 23.7 Å². The predicted molar refractivity (Wildman–Crippen MR) is 118 cm³/mol. The van der Waals surface area contributed by atoms with Gasteiger partial charge in [0.05, 0.1) is 20.4 Å². The molecule has 0 aliphatic heterocycles. The molecule has 5 aromatic rings. The average molecular weight is 418 g/mol. The molecule has 0 bridgehead atoms. The second-order valence-corrected chi connectivity index (χ2v) is 8.43. The van der Waals surface area contributed by atoms with Crippen molar-refractivity contribution in [2.75, 3.05) is 0 Å². The number of aromatic nitrogens is 2. The van der Waals surface area contributed by atoms with Crippen LogP contribution in [0.25, 0.3) is 63.1 Å². The minimum absolute atomic E-state index is 0.0153. The van der Waals surface area contributed by atoms with Gasteiger partial charge in [-0.15, -0.1) is 22.7 Å². The Morgan fingerprint density at radius 3 is 1.70 bits per heavy atom. The van der Waals surface area contributed by atoms with Gasteiger partial charge in [-0.25, -0.2) is 9.97 Å². The molecule has 0 saturated carbocycles. The summed E-state index contributed by atoms with van der Waals surface area (Å²) in [4.78, 5) is 15.4. The molecular formula is C22H6N6S2. The largest absolute Gasteiger partial charge is 0.555 e. The van der Waals surface area contributed by atoms with Crippen LogP contribution in [0, 0.1) is 35.8 Å². The molecule has 30 heavy (non-hydrogen) atoms.